The molecule has 0 heterocycles. The lowest BCUT2D eigenvalue weighted by molar-refractivity contribution is -0.161. The summed E-state index contributed by atoms with van der Waals surface area (Å²) in [7, 11) is -9.91. The molecule has 92 heavy (non-hydrogen) atoms. The number of aliphatic hydroxyl groups is 1. The normalized spacial score (nSPS) is 14.4. The fourth-order valence-corrected chi connectivity index (χ4v) is 12.7. The maximum atomic E-state index is 13.1. The molecule has 0 spiro atoms. The van der Waals surface area contributed by atoms with E-state index >= 15 is 0 Å². The van der Waals surface area contributed by atoms with E-state index < -0.39 is 97.5 Å². The van der Waals surface area contributed by atoms with Crippen LogP contribution in [0.15, 0.2) is 0 Å². The van der Waals surface area contributed by atoms with Crippen molar-refractivity contribution in [3.63, 3.8) is 0 Å². The van der Waals surface area contributed by atoms with Crippen molar-refractivity contribution in [3.05, 3.63) is 0 Å². The highest BCUT2D eigenvalue weighted by atomic mass is 31.2. The number of aliphatic hydroxyl groups excluding tert-OH is 1. The first-order chi connectivity index (χ1) is 44.4. The number of phosphoric ester groups is 2. The van der Waals surface area contributed by atoms with Crippen LogP contribution in [0.25, 0.3) is 0 Å². The number of carbonyl (C=O) groups excluding carboxylic acids is 4. The van der Waals surface area contributed by atoms with Crippen molar-refractivity contribution in [2.24, 2.45) is 11.8 Å². The summed E-state index contributed by atoms with van der Waals surface area (Å²) >= 11 is 0. The summed E-state index contributed by atoms with van der Waals surface area (Å²) in [6.45, 7) is 9.61. The number of unbranched alkanes of at least 4 members (excludes halogenated alkanes) is 41. The van der Waals surface area contributed by atoms with Crippen molar-refractivity contribution in [2.75, 3.05) is 39.6 Å². The van der Waals surface area contributed by atoms with Gasteiger partial charge < -0.3 is 33.8 Å². The Bertz CT molecular complexity index is 1790. The molecule has 0 aromatic rings. The molecule has 0 saturated heterocycles. The molecule has 546 valence electrons. The van der Waals surface area contributed by atoms with E-state index in [0.717, 1.165) is 102 Å². The first-order valence-corrected chi connectivity index (χ1v) is 41.0. The quantitative estimate of drug-likeness (QED) is 0.0222. The molecule has 0 aliphatic rings. The van der Waals surface area contributed by atoms with Gasteiger partial charge in [-0.25, -0.2) is 9.13 Å². The Morgan fingerprint density at radius 2 is 0.554 bits per heavy atom. The predicted octanol–water partition coefficient (Wildman–Crippen LogP) is 21.2. The van der Waals surface area contributed by atoms with Crippen molar-refractivity contribution >= 4 is 39.5 Å². The molecular weight excluding hydrogens is 1210 g/mol. The number of carbonyl (C=O) groups is 4. The highest BCUT2D eigenvalue weighted by Gasteiger charge is 2.30. The minimum atomic E-state index is -4.95. The lowest BCUT2D eigenvalue weighted by atomic mass is 9.99. The molecule has 3 N–H and O–H groups in total. The zero-order valence-electron chi connectivity index (χ0n) is 59.9. The summed E-state index contributed by atoms with van der Waals surface area (Å²) in [6.07, 6.45) is 51.0. The van der Waals surface area contributed by atoms with Gasteiger partial charge in [0, 0.05) is 25.7 Å². The molecule has 19 heteroatoms. The van der Waals surface area contributed by atoms with Gasteiger partial charge in [-0.05, 0) is 37.5 Å². The minimum absolute atomic E-state index is 0.106. The zero-order valence-corrected chi connectivity index (χ0v) is 61.6. The van der Waals surface area contributed by atoms with Gasteiger partial charge in [0.15, 0.2) is 12.2 Å². The molecule has 17 nitrogen and oxygen atoms in total. The van der Waals surface area contributed by atoms with E-state index in [4.69, 9.17) is 37.0 Å². The van der Waals surface area contributed by atoms with Crippen LogP contribution in [0.4, 0.5) is 0 Å². The van der Waals surface area contributed by atoms with Crippen LogP contribution in [0.5, 0.6) is 0 Å². The number of hydrogen-bond donors (Lipinski definition) is 3. The molecule has 0 radical (unpaired) electrons. The standard InChI is InChI=1S/C73H142O17P2/c1-7-10-12-14-16-18-20-21-25-33-39-45-51-57-72(77)89-68(61-83-70(75)55-49-43-37-31-23-19-17-15-13-11-8-2)63-87-91(79,80)85-59-67(74)60-86-92(81,82)88-64-69(90-73(78)58-52-46-40-34-26-22-24-29-35-41-47-53-65(4)5)62-84-71(76)56-50-44-38-32-28-27-30-36-42-48-54-66(6)9-3/h65-69,74H,7-64H2,1-6H3,(H,79,80)(H,81,82)/t66?,67-,68+,69+/m0/s1. The van der Waals surface area contributed by atoms with Crippen LogP contribution in [0, 0.1) is 11.8 Å². The third kappa shape index (κ3) is 65.4. The van der Waals surface area contributed by atoms with Gasteiger partial charge in [0.2, 0.25) is 0 Å². The lowest BCUT2D eigenvalue weighted by Crippen LogP contribution is -2.30. The molecule has 0 saturated carbocycles. The molecule has 6 atom stereocenters. The Morgan fingerprint density at radius 3 is 0.826 bits per heavy atom. The average molecular weight is 1350 g/mol. The van der Waals surface area contributed by atoms with E-state index in [9.17, 15) is 43.2 Å². The molecule has 3 unspecified atom stereocenters. The van der Waals surface area contributed by atoms with E-state index in [1.807, 2.05) is 0 Å². The zero-order chi connectivity index (χ0) is 67.9. The Kier molecular flexibility index (Phi) is 63.7. The van der Waals surface area contributed by atoms with E-state index in [-0.39, 0.29) is 25.7 Å². The van der Waals surface area contributed by atoms with Gasteiger partial charge in [0.25, 0.3) is 0 Å². The molecule has 0 aromatic carbocycles. The SMILES string of the molecule is CCCCCCCCCCCCCCCC(=O)O[C@H](COC(=O)CCCCCCCCCCCCC)COP(=O)(O)OC[C@H](O)COP(=O)(O)OC[C@@H](COC(=O)CCCCCCCCCCCCC(C)CC)OC(=O)CCCCCCCCCCCCCC(C)C. The fourth-order valence-electron chi connectivity index (χ4n) is 11.1. The summed E-state index contributed by atoms with van der Waals surface area (Å²) in [4.78, 5) is 72.7. The molecule has 0 bridgehead atoms. The maximum absolute atomic E-state index is 13.1. The van der Waals surface area contributed by atoms with Crippen molar-refractivity contribution < 1.29 is 80.2 Å². The van der Waals surface area contributed by atoms with Crippen LogP contribution in [-0.4, -0.2) is 96.7 Å². The predicted molar refractivity (Wildman–Crippen MR) is 372 cm³/mol. The van der Waals surface area contributed by atoms with Crippen LogP contribution in [-0.2, 0) is 65.4 Å². The second-order valence-corrected chi connectivity index (χ2v) is 30.0. The van der Waals surface area contributed by atoms with Crippen LogP contribution in [0.1, 0.15) is 375 Å². The van der Waals surface area contributed by atoms with Gasteiger partial charge in [-0.2, -0.15) is 0 Å². The monoisotopic (exact) mass is 1350 g/mol. The van der Waals surface area contributed by atoms with E-state index in [2.05, 4.69) is 41.5 Å². The van der Waals surface area contributed by atoms with E-state index in [0.29, 0.717) is 25.7 Å². The van der Waals surface area contributed by atoms with Crippen LogP contribution < -0.4 is 0 Å². The minimum Gasteiger partial charge on any atom is -0.462 e. The second kappa shape index (κ2) is 65.0. The Balaban J connectivity index is 5.27. The third-order valence-electron chi connectivity index (χ3n) is 17.3. The Hall–Kier alpha value is -1.94. The number of esters is 4. The number of ether oxygens (including phenoxy) is 4. The topological polar surface area (TPSA) is 237 Å². The molecule has 0 aromatic heterocycles. The van der Waals surface area contributed by atoms with Crippen molar-refractivity contribution in [1.82, 2.24) is 0 Å². The highest BCUT2D eigenvalue weighted by molar-refractivity contribution is 7.47. The van der Waals surface area contributed by atoms with Gasteiger partial charge in [0.05, 0.1) is 26.4 Å². The third-order valence-corrected chi connectivity index (χ3v) is 19.2. The Labute approximate surface area is 562 Å². The van der Waals surface area contributed by atoms with Crippen LogP contribution >= 0.6 is 15.6 Å². The lowest BCUT2D eigenvalue weighted by Gasteiger charge is -2.21. The average Bonchev–Trinajstić information content (AvgIpc) is 1.78. The molecule has 0 aliphatic carbocycles. The van der Waals surface area contributed by atoms with Gasteiger partial charge in [0.1, 0.15) is 19.3 Å². The smallest absolute Gasteiger partial charge is 0.462 e. The van der Waals surface area contributed by atoms with Crippen molar-refractivity contribution in [2.45, 2.75) is 394 Å². The maximum Gasteiger partial charge on any atom is 0.472 e. The second-order valence-electron chi connectivity index (χ2n) is 27.1. The first-order valence-electron chi connectivity index (χ1n) is 38.0. The molecule has 0 rings (SSSR count). The number of rotatable bonds is 72. The summed E-state index contributed by atoms with van der Waals surface area (Å²) in [6, 6.07) is 0. The van der Waals surface area contributed by atoms with Crippen LogP contribution in [0.3, 0.4) is 0 Å². The summed E-state index contributed by atoms with van der Waals surface area (Å²) < 4.78 is 68.4. The van der Waals surface area contributed by atoms with Crippen LogP contribution in [0.2, 0.25) is 0 Å². The van der Waals surface area contributed by atoms with Gasteiger partial charge in [-0.3, -0.25) is 37.3 Å². The molecule has 0 aliphatic heterocycles. The van der Waals surface area contributed by atoms with E-state index in [1.165, 1.54) is 193 Å². The van der Waals surface area contributed by atoms with E-state index in [1.54, 1.807) is 0 Å². The molecular formula is C73H142O17P2. The van der Waals surface area contributed by atoms with Gasteiger partial charge in [-0.1, -0.05) is 324 Å². The van der Waals surface area contributed by atoms with Gasteiger partial charge >= 0.3 is 39.5 Å². The largest absolute Gasteiger partial charge is 0.472 e. The number of hydrogen-bond acceptors (Lipinski definition) is 15. The van der Waals surface area contributed by atoms with Crippen molar-refractivity contribution in [3.8, 4) is 0 Å². The summed E-state index contributed by atoms with van der Waals surface area (Å²) in [5.41, 5.74) is 0. The Morgan fingerprint density at radius 1 is 0.315 bits per heavy atom. The summed E-state index contributed by atoms with van der Waals surface area (Å²) in [5.74, 6) is -0.543. The number of phosphoric acid groups is 2. The summed E-state index contributed by atoms with van der Waals surface area (Å²) in [5, 5.41) is 10.6. The first kappa shape index (κ1) is 90.1. The van der Waals surface area contributed by atoms with Crippen molar-refractivity contribution in [1.29, 1.82) is 0 Å². The highest BCUT2D eigenvalue weighted by Crippen LogP contribution is 2.45. The molecule has 0 fully saturated rings. The molecule has 0 amide bonds. The fraction of sp³-hybridized carbons (Fsp3) is 0.945. The van der Waals surface area contributed by atoms with Gasteiger partial charge in [-0.15, -0.1) is 0 Å².